The highest BCUT2D eigenvalue weighted by Gasteiger charge is 2.17. The molecule has 2 rings (SSSR count). The van der Waals surface area contributed by atoms with Gasteiger partial charge in [-0.15, -0.1) is 0 Å². The predicted molar refractivity (Wildman–Crippen MR) is 77.0 cm³/mol. The first kappa shape index (κ1) is 14.0. The number of aryl methyl sites for hydroxylation is 1. The number of aromatic amines is 1. The van der Waals surface area contributed by atoms with Crippen LogP contribution in [0.25, 0.3) is 11.1 Å². The maximum absolute atomic E-state index is 11.8. The van der Waals surface area contributed by atoms with E-state index in [-0.39, 0.29) is 10.6 Å². The molecule has 0 atom stereocenters. The Hall–Kier alpha value is -1.47. The fourth-order valence-electron chi connectivity index (χ4n) is 1.77. The molecular formula is C13H7Cl3N2O. The second-order valence-electron chi connectivity index (χ2n) is 3.90. The Morgan fingerprint density at radius 3 is 2.47 bits per heavy atom. The van der Waals surface area contributed by atoms with Crippen molar-refractivity contribution in [2.24, 2.45) is 0 Å². The van der Waals surface area contributed by atoms with Crippen molar-refractivity contribution in [3.8, 4) is 17.2 Å². The first-order valence-corrected chi connectivity index (χ1v) is 6.37. The summed E-state index contributed by atoms with van der Waals surface area (Å²) < 4.78 is 0. The lowest BCUT2D eigenvalue weighted by Gasteiger charge is -2.10. The van der Waals surface area contributed by atoms with Gasteiger partial charge in [0.05, 0.1) is 15.1 Å². The number of H-pyrrole nitrogens is 1. The number of halogens is 3. The van der Waals surface area contributed by atoms with Crippen molar-refractivity contribution in [3.05, 3.63) is 54.9 Å². The van der Waals surface area contributed by atoms with E-state index in [0.29, 0.717) is 26.9 Å². The van der Waals surface area contributed by atoms with Crippen LogP contribution < -0.4 is 5.56 Å². The van der Waals surface area contributed by atoms with Crippen LogP contribution in [0.4, 0.5) is 0 Å². The lowest BCUT2D eigenvalue weighted by molar-refractivity contribution is 1.13. The molecule has 1 aromatic heterocycles. The highest BCUT2D eigenvalue weighted by molar-refractivity contribution is 6.46. The number of nitrogens with zero attached hydrogens (tertiary/aromatic N) is 1. The molecule has 0 radical (unpaired) electrons. The summed E-state index contributed by atoms with van der Waals surface area (Å²) >= 11 is 18.2. The molecule has 0 aliphatic heterocycles. The highest BCUT2D eigenvalue weighted by atomic mass is 35.5. The molecule has 19 heavy (non-hydrogen) atoms. The Kier molecular flexibility index (Phi) is 3.86. The minimum Gasteiger partial charge on any atom is -0.325 e. The van der Waals surface area contributed by atoms with Crippen LogP contribution in [0.15, 0.2) is 23.0 Å². The van der Waals surface area contributed by atoms with Crippen molar-refractivity contribution in [1.82, 2.24) is 4.98 Å². The highest BCUT2D eigenvalue weighted by Crippen LogP contribution is 2.39. The van der Waals surface area contributed by atoms with Crippen LogP contribution in [0.5, 0.6) is 0 Å². The normalized spacial score (nSPS) is 10.3. The van der Waals surface area contributed by atoms with E-state index in [1.165, 1.54) is 0 Å². The van der Waals surface area contributed by atoms with E-state index in [4.69, 9.17) is 40.1 Å². The predicted octanol–water partition coefficient (Wildman–Crippen LogP) is 4.18. The third-order valence-corrected chi connectivity index (χ3v) is 3.71. The minimum absolute atomic E-state index is 0.0448. The Balaban J connectivity index is 2.92. The van der Waals surface area contributed by atoms with Crippen LogP contribution in [-0.4, -0.2) is 4.98 Å². The smallest absolute Gasteiger partial charge is 0.266 e. The molecule has 1 N–H and O–H groups in total. The quantitative estimate of drug-likeness (QED) is 0.803. The summed E-state index contributed by atoms with van der Waals surface area (Å²) in [5.41, 5.74) is 0.843. The monoisotopic (exact) mass is 312 g/mol. The van der Waals surface area contributed by atoms with E-state index < -0.39 is 5.56 Å². The zero-order valence-corrected chi connectivity index (χ0v) is 12.0. The van der Waals surface area contributed by atoms with Crippen molar-refractivity contribution in [1.29, 1.82) is 5.26 Å². The van der Waals surface area contributed by atoms with Gasteiger partial charge in [-0.2, -0.15) is 5.26 Å². The van der Waals surface area contributed by atoms with E-state index in [2.05, 4.69) is 4.98 Å². The number of rotatable bonds is 1. The zero-order valence-electron chi connectivity index (χ0n) is 9.72. The molecule has 96 valence electrons. The summed E-state index contributed by atoms with van der Waals surface area (Å²) in [4.78, 5) is 14.3. The summed E-state index contributed by atoms with van der Waals surface area (Å²) in [7, 11) is 0. The molecule has 0 saturated heterocycles. The first-order chi connectivity index (χ1) is 8.95. The standard InChI is InChI=1S/C13H7Cl3N2O/c1-6-4-7(8(5-17)13(19)18-6)11-9(14)2-3-10(15)12(11)16/h2-4H,1H3,(H,18,19). The lowest BCUT2D eigenvalue weighted by Crippen LogP contribution is -2.13. The molecule has 0 saturated carbocycles. The van der Waals surface area contributed by atoms with Crippen molar-refractivity contribution in [2.75, 3.05) is 0 Å². The van der Waals surface area contributed by atoms with Crippen LogP contribution >= 0.6 is 34.8 Å². The van der Waals surface area contributed by atoms with E-state index in [9.17, 15) is 4.79 Å². The molecule has 0 unspecified atom stereocenters. The largest absolute Gasteiger partial charge is 0.325 e. The SMILES string of the molecule is Cc1cc(-c2c(Cl)ccc(Cl)c2Cl)c(C#N)c(=O)[nH]1. The number of nitriles is 1. The second kappa shape index (κ2) is 5.26. The summed E-state index contributed by atoms with van der Waals surface area (Å²) in [6.07, 6.45) is 0. The van der Waals surface area contributed by atoms with Gasteiger partial charge in [-0.1, -0.05) is 34.8 Å². The van der Waals surface area contributed by atoms with Crippen LogP contribution in [0, 0.1) is 18.3 Å². The molecule has 0 amide bonds. The summed E-state index contributed by atoms with van der Waals surface area (Å²) in [5, 5.41) is 9.97. The number of pyridine rings is 1. The van der Waals surface area contributed by atoms with Crippen LogP contribution in [0.3, 0.4) is 0 Å². The fraction of sp³-hybridized carbons (Fsp3) is 0.0769. The third kappa shape index (κ3) is 2.48. The summed E-state index contributed by atoms with van der Waals surface area (Å²) in [6.45, 7) is 1.71. The second-order valence-corrected chi connectivity index (χ2v) is 5.09. The number of hydrogen-bond acceptors (Lipinski definition) is 2. The molecule has 6 heteroatoms. The molecule has 2 aromatic rings. The van der Waals surface area contributed by atoms with Crippen molar-refractivity contribution < 1.29 is 0 Å². The van der Waals surface area contributed by atoms with Gasteiger partial charge in [0.25, 0.3) is 5.56 Å². The van der Waals surface area contributed by atoms with Crippen LogP contribution in [-0.2, 0) is 0 Å². The van der Waals surface area contributed by atoms with Gasteiger partial charge in [0.2, 0.25) is 0 Å². The van der Waals surface area contributed by atoms with E-state index in [1.807, 2.05) is 6.07 Å². The van der Waals surface area contributed by atoms with E-state index in [1.54, 1.807) is 25.1 Å². The maximum atomic E-state index is 11.8. The van der Waals surface area contributed by atoms with Crippen LogP contribution in [0.1, 0.15) is 11.3 Å². The van der Waals surface area contributed by atoms with Gasteiger partial charge >= 0.3 is 0 Å². The zero-order chi connectivity index (χ0) is 14.2. The third-order valence-electron chi connectivity index (χ3n) is 2.59. The molecule has 3 nitrogen and oxygen atoms in total. The molecule has 1 aromatic carbocycles. The minimum atomic E-state index is -0.482. The molecule has 0 fully saturated rings. The van der Waals surface area contributed by atoms with Crippen molar-refractivity contribution in [2.45, 2.75) is 6.92 Å². The first-order valence-electron chi connectivity index (χ1n) is 5.23. The van der Waals surface area contributed by atoms with E-state index in [0.717, 1.165) is 0 Å². The van der Waals surface area contributed by atoms with Crippen molar-refractivity contribution in [3.63, 3.8) is 0 Å². The van der Waals surface area contributed by atoms with Crippen molar-refractivity contribution >= 4 is 34.8 Å². The molecular weight excluding hydrogens is 307 g/mol. The van der Waals surface area contributed by atoms with Gasteiger partial charge in [-0.05, 0) is 25.1 Å². The number of benzene rings is 1. The average molecular weight is 314 g/mol. The molecule has 0 spiro atoms. The molecule has 0 bridgehead atoms. The van der Waals surface area contributed by atoms with Crippen LogP contribution in [0.2, 0.25) is 15.1 Å². The Morgan fingerprint density at radius 1 is 1.21 bits per heavy atom. The number of nitrogens with one attached hydrogen (secondary N) is 1. The molecule has 0 aliphatic rings. The number of hydrogen-bond donors (Lipinski definition) is 1. The lowest BCUT2D eigenvalue weighted by atomic mass is 10.0. The van der Waals surface area contributed by atoms with E-state index >= 15 is 0 Å². The van der Waals surface area contributed by atoms with Gasteiger partial charge in [-0.3, -0.25) is 4.79 Å². The maximum Gasteiger partial charge on any atom is 0.266 e. The summed E-state index contributed by atoms with van der Waals surface area (Å²) in [6, 6.07) is 6.63. The Bertz CT molecular complexity index is 760. The molecule has 1 heterocycles. The fourth-order valence-corrected chi connectivity index (χ4v) is 2.50. The summed E-state index contributed by atoms with van der Waals surface area (Å²) in [5.74, 6) is 0. The van der Waals surface area contributed by atoms with Gasteiger partial charge in [-0.25, -0.2) is 0 Å². The van der Waals surface area contributed by atoms with Gasteiger partial charge in [0.1, 0.15) is 11.6 Å². The Labute approximate surface area is 124 Å². The number of aromatic nitrogens is 1. The van der Waals surface area contributed by atoms with Gasteiger partial charge < -0.3 is 4.98 Å². The average Bonchev–Trinajstić information content (AvgIpc) is 2.34. The Morgan fingerprint density at radius 2 is 1.84 bits per heavy atom. The van der Waals surface area contributed by atoms with Gasteiger partial charge in [0.15, 0.2) is 0 Å². The van der Waals surface area contributed by atoms with Gasteiger partial charge in [0, 0.05) is 16.8 Å². The topological polar surface area (TPSA) is 56.6 Å². The molecule has 0 aliphatic carbocycles.